The molecular weight excluding hydrogens is 214 g/mol. The molecule has 1 aromatic heterocycles. The van der Waals surface area contributed by atoms with E-state index in [9.17, 15) is 4.79 Å². The van der Waals surface area contributed by atoms with Crippen molar-refractivity contribution in [3.8, 4) is 5.75 Å². The molecule has 1 aliphatic carbocycles. The number of benzene rings is 1. The van der Waals surface area contributed by atoms with Crippen molar-refractivity contribution in [1.29, 1.82) is 0 Å². The summed E-state index contributed by atoms with van der Waals surface area (Å²) in [6.07, 6.45) is 1.91. The Balaban J connectivity index is 2.30. The van der Waals surface area contributed by atoms with E-state index in [1.807, 2.05) is 19.1 Å². The van der Waals surface area contributed by atoms with Crippen LogP contribution in [-0.2, 0) is 6.42 Å². The molecule has 0 saturated heterocycles. The number of ketones is 1. The van der Waals surface area contributed by atoms with Crippen molar-refractivity contribution in [1.82, 2.24) is 4.98 Å². The van der Waals surface area contributed by atoms with E-state index in [-0.39, 0.29) is 11.7 Å². The minimum absolute atomic E-state index is 0.126. The first-order chi connectivity index (χ1) is 8.22. The zero-order valence-electron chi connectivity index (χ0n) is 10.0. The molecule has 1 N–H and O–H groups in total. The molecule has 0 radical (unpaired) electrons. The molecule has 1 unspecified atom stereocenters. The first-order valence-electron chi connectivity index (χ1n) is 5.94. The van der Waals surface area contributed by atoms with Gasteiger partial charge < -0.3 is 9.72 Å². The number of fused-ring (bicyclic) bond motifs is 3. The predicted octanol–water partition coefficient (Wildman–Crippen LogP) is 2.94. The maximum Gasteiger partial charge on any atom is 0.182 e. The molecule has 0 aliphatic heterocycles. The number of hydrogen-bond donors (Lipinski definition) is 1. The van der Waals surface area contributed by atoms with Crippen LogP contribution >= 0.6 is 0 Å². The summed E-state index contributed by atoms with van der Waals surface area (Å²) in [7, 11) is 1.65. The summed E-state index contributed by atoms with van der Waals surface area (Å²) in [4.78, 5) is 15.4. The molecule has 88 valence electrons. The SMILES string of the molecule is COc1cccc2c3c([nH]c12)C(=O)C(C)CC3. The second kappa shape index (κ2) is 3.62. The molecule has 17 heavy (non-hydrogen) atoms. The number of nitrogens with one attached hydrogen (secondary N) is 1. The van der Waals surface area contributed by atoms with Crippen LogP contribution in [-0.4, -0.2) is 17.9 Å². The van der Waals surface area contributed by atoms with Crippen LogP contribution < -0.4 is 4.74 Å². The fourth-order valence-corrected chi connectivity index (χ4v) is 2.63. The monoisotopic (exact) mass is 229 g/mol. The smallest absolute Gasteiger partial charge is 0.182 e. The van der Waals surface area contributed by atoms with Crippen molar-refractivity contribution < 1.29 is 9.53 Å². The van der Waals surface area contributed by atoms with Crippen LogP contribution in [0.25, 0.3) is 10.9 Å². The summed E-state index contributed by atoms with van der Waals surface area (Å²) in [6.45, 7) is 1.99. The Kier molecular flexibility index (Phi) is 2.21. The lowest BCUT2D eigenvalue weighted by Gasteiger charge is -2.16. The second-order valence-electron chi connectivity index (χ2n) is 4.67. The summed E-state index contributed by atoms with van der Waals surface area (Å²) in [5.74, 6) is 1.16. The molecule has 3 heteroatoms. The number of aromatic amines is 1. The van der Waals surface area contributed by atoms with Crippen molar-refractivity contribution >= 4 is 16.7 Å². The van der Waals surface area contributed by atoms with Crippen LogP contribution in [0.4, 0.5) is 0 Å². The molecule has 0 saturated carbocycles. The van der Waals surface area contributed by atoms with Crippen LogP contribution in [0.1, 0.15) is 29.4 Å². The molecule has 1 aliphatic rings. The van der Waals surface area contributed by atoms with Crippen LogP contribution in [0.15, 0.2) is 18.2 Å². The average Bonchev–Trinajstić information content (AvgIpc) is 2.73. The number of H-pyrrole nitrogens is 1. The van der Waals surface area contributed by atoms with Gasteiger partial charge in [-0.25, -0.2) is 0 Å². The molecule has 3 nitrogen and oxygen atoms in total. The third-order valence-electron chi connectivity index (χ3n) is 3.64. The van der Waals surface area contributed by atoms with Gasteiger partial charge in [0.25, 0.3) is 0 Å². The second-order valence-corrected chi connectivity index (χ2v) is 4.67. The highest BCUT2D eigenvalue weighted by Crippen LogP contribution is 2.34. The molecule has 3 rings (SSSR count). The van der Waals surface area contributed by atoms with E-state index < -0.39 is 0 Å². The highest BCUT2D eigenvalue weighted by Gasteiger charge is 2.27. The number of carbonyl (C=O) groups is 1. The number of ether oxygens (including phenoxy) is 1. The minimum atomic E-state index is 0.126. The third-order valence-corrected chi connectivity index (χ3v) is 3.64. The van der Waals surface area contributed by atoms with Gasteiger partial charge in [-0.2, -0.15) is 0 Å². The Morgan fingerprint density at radius 3 is 3.00 bits per heavy atom. The lowest BCUT2D eigenvalue weighted by molar-refractivity contribution is 0.0909. The zero-order valence-corrected chi connectivity index (χ0v) is 10.0. The predicted molar refractivity (Wildman–Crippen MR) is 66.7 cm³/mol. The van der Waals surface area contributed by atoms with Crippen LogP contribution in [0.5, 0.6) is 5.75 Å². The van der Waals surface area contributed by atoms with Crippen LogP contribution in [0.2, 0.25) is 0 Å². The highest BCUT2D eigenvalue weighted by atomic mass is 16.5. The Bertz CT molecular complexity index is 598. The molecule has 0 fully saturated rings. The minimum Gasteiger partial charge on any atom is -0.495 e. The molecule has 0 spiro atoms. The fourth-order valence-electron chi connectivity index (χ4n) is 2.63. The summed E-state index contributed by atoms with van der Waals surface area (Å²) in [5.41, 5.74) is 2.88. The van der Waals surface area contributed by atoms with Gasteiger partial charge in [-0.1, -0.05) is 19.1 Å². The lowest BCUT2D eigenvalue weighted by Crippen LogP contribution is -2.19. The Hall–Kier alpha value is -1.77. The third kappa shape index (κ3) is 1.38. The van der Waals surface area contributed by atoms with Crippen LogP contribution in [0.3, 0.4) is 0 Å². The molecule has 1 atom stereocenters. The number of aryl methyl sites for hydroxylation is 1. The fraction of sp³-hybridized carbons (Fsp3) is 0.357. The van der Waals surface area contributed by atoms with Gasteiger partial charge in [0.05, 0.1) is 18.3 Å². The quantitative estimate of drug-likeness (QED) is 0.816. The summed E-state index contributed by atoms with van der Waals surface area (Å²) >= 11 is 0. The van der Waals surface area contributed by atoms with Gasteiger partial charge >= 0.3 is 0 Å². The van der Waals surface area contributed by atoms with Gasteiger partial charge in [-0.3, -0.25) is 4.79 Å². The molecule has 0 bridgehead atoms. The van der Waals surface area contributed by atoms with Crippen molar-refractivity contribution in [2.45, 2.75) is 19.8 Å². The summed E-state index contributed by atoms with van der Waals surface area (Å²) in [6, 6.07) is 5.94. The Morgan fingerprint density at radius 1 is 1.41 bits per heavy atom. The van der Waals surface area contributed by atoms with Crippen molar-refractivity contribution in [2.75, 3.05) is 7.11 Å². The standard InChI is InChI=1S/C14H15NO2/c1-8-6-7-10-9-4-3-5-11(17-2)12(9)15-13(10)14(8)16/h3-5,8,15H,6-7H2,1-2H3. The van der Waals surface area contributed by atoms with Gasteiger partial charge in [0.1, 0.15) is 5.75 Å². The van der Waals surface area contributed by atoms with E-state index in [2.05, 4.69) is 11.1 Å². The number of Topliss-reactive ketones (excluding diaryl/α,β-unsaturated/α-hetero) is 1. The average molecular weight is 229 g/mol. The number of carbonyl (C=O) groups excluding carboxylic acids is 1. The zero-order chi connectivity index (χ0) is 12.0. The van der Waals surface area contributed by atoms with Crippen molar-refractivity contribution in [2.24, 2.45) is 5.92 Å². The summed E-state index contributed by atoms with van der Waals surface area (Å²) in [5, 5.41) is 1.12. The molecule has 2 aromatic rings. The Morgan fingerprint density at radius 2 is 2.24 bits per heavy atom. The van der Waals surface area contributed by atoms with Crippen molar-refractivity contribution in [3.05, 3.63) is 29.5 Å². The summed E-state index contributed by atoms with van der Waals surface area (Å²) < 4.78 is 5.32. The van der Waals surface area contributed by atoms with Gasteiger partial charge in [0.15, 0.2) is 5.78 Å². The molecular formula is C14H15NO2. The maximum absolute atomic E-state index is 12.1. The van der Waals surface area contributed by atoms with Gasteiger partial charge in [-0.15, -0.1) is 0 Å². The number of aromatic nitrogens is 1. The van der Waals surface area contributed by atoms with E-state index in [0.29, 0.717) is 0 Å². The molecule has 1 heterocycles. The number of hydrogen-bond acceptors (Lipinski definition) is 2. The van der Waals surface area contributed by atoms with E-state index in [4.69, 9.17) is 4.74 Å². The highest BCUT2D eigenvalue weighted by molar-refractivity contribution is 6.05. The topological polar surface area (TPSA) is 42.1 Å². The molecule has 0 amide bonds. The van der Waals surface area contributed by atoms with E-state index in [1.54, 1.807) is 7.11 Å². The van der Waals surface area contributed by atoms with E-state index >= 15 is 0 Å². The van der Waals surface area contributed by atoms with Gasteiger partial charge in [0, 0.05) is 11.3 Å². The maximum atomic E-state index is 12.1. The first-order valence-corrected chi connectivity index (χ1v) is 5.94. The molecule has 1 aromatic carbocycles. The van der Waals surface area contributed by atoms with Crippen LogP contribution in [0, 0.1) is 5.92 Å². The number of rotatable bonds is 1. The van der Waals surface area contributed by atoms with E-state index in [1.165, 1.54) is 0 Å². The first kappa shape index (κ1) is 10.4. The van der Waals surface area contributed by atoms with Gasteiger partial charge in [0.2, 0.25) is 0 Å². The number of methoxy groups -OCH3 is 1. The normalized spacial score (nSPS) is 19.4. The number of para-hydroxylation sites is 1. The van der Waals surface area contributed by atoms with Gasteiger partial charge in [-0.05, 0) is 24.5 Å². The van der Waals surface area contributed by atoms with Crippen molar-refractivity contribution in [3.63, 3.8) is 0 Å². The van der Waals surface area contributed by atoms with E-state index in [0.717, 1.165) is 40.8 Å². The Labute approximate surface area is 99.8 Å². The largest absolute Gasteiger partial charge is 0.495 e. The lowest BCUT2D eigenvalue weighted by atomic mass is 9.87.